The zero-order chi connectivity index (χ0) is 18.0. The molecule has 124 valence electrons. The molecule has 0 atom stereocenters. The van der Waals surface area contributed by atoms with Crippen molar-refractivity contribution in [3.63, 3.8) is 0 Å². The van der Waals surface area contributed by atoms with Crippen molar-refractivity contribution in [2.24, 2.45) is 0 Å². The Morgan fingerprint density at radius 2 is 1.64 bits per heavy atom. The van der Waals surface area contributed by atoms with Crippen LogP contribution in [0.5, 0.6) is 0 Å². The number of non-ortho nitro benzene ring substituents is 1. The lowest BCUT2D eigenvalue weighted by Crippen LogP contribution is -2.04. The fourth-order valence-corrected chi connectivity index (χ4v) is 2.36. The van der Waals surface area contributed by atoms with E-state index in [1.807, 2.05) is 0 Å². The van der Waals surface area contributed by atoms with Crippen LogP contribution in [-0.4, -0.2) is 26.0 Å². The Bertz CT molecular complexity index is 957. The number of aromatic nitrogens is 2. The fraction of sp³-hybridized carbons (Fsp3) is 0. The molecule has 3 rings (SSSR count). The predicted molar refractivity (Wildman–Crippen MR) is 91.5 cm³/mol. The van der Waals surface area contributed by atoms with Crippen LogP contribution in [0.1, 0.15) is 10.4 Å². The van der Waals surface area contributed by atoms with Crippen molar-refractivity contribution < 1.29 is 14.8 Å². The Morgan fingerprint density at radius 1 is 1.04 bits per heavy atom. The molecule has 25 heavy (non-hydrogen) atoms. The van der Waals surface area contributed by atoms with Gasteiger partial charge < -0.3 is 5.11 Å². The van der Waals surface area contributed by atoms with Crippen LogP contribution in [-0.2, 0) is 0 Å². The molecule has 0 radical (unpaired) electrons. The summed E-state index contributed by atoms with van der Waals surface area (Å²) in [5.41, 5.74) is 1.12. The van der Waals surface area contributed by atoms with Crippen LogP contribution < -0.4 is 0 Å². The van der Waals surface area contributed by atoms with Crippen LogP contribution in [0.15, 0.2) is 54.7 Å². The summed E-state index contributed by atoms with van der Waals surface area (Å²) in [5.74, 6) is -0.856. The maximum Gasteiger partial charge on any atom is 0.339 e. The smallest absolute Gasteiger partial charge is 0.339 e. The number of nitrogens with zero attached hydrogens (tertiary/aromatic N) is 3. The predicted octanol–water partition coefficient (Wildman–Crippen LogP) is 4.07. The molecule has 2 aromatic carbocycles. The Kier molecular flexibility index (Phi) is 4.40. The van der Waals surface area contributed by atoms with Gasteiger partial charge in [0.05, 0.1) is 10.6 Å². The van der Waals surface area contributed by atoms with Gasteiger partial charge in [-0.05, 0) is 36.4 Å². The molecule has 1 N–H and O–H groups in total. The summed E-state index contributed by atoms with van der Waals surface area (Å²) >= 11 is 5.86. The van der Waals surface area contributed by atoms with Crippen molar-refractivity contribution in [2.75, 3.05) is 0 Å². The Labute approximate surface area is 146 Å². The summed E-state index contributed by atoms with van der Waals surface area (Å²) in [6.07, 6.45) is 1.22. The maximum atomic E-state index is 11.5. The van der Waals surface area contributed by atoms with Crippen LogP contribution in [0.4, 0.5) is 5.69 Å². The third-order valence-corrected chi connectivity index (χ3v) is 3.73. The third kappa shape index (κ3) is 3.46. The molecule has 0 aliphatic heterocycles. The van der Waals surface area contributed by atoms with Crippen LogP contribution in [0, 0.1) is 10.1 Å². The average molecular weight is 356 g/mol. The van der Waals surface area contributed by atoms with E-state index in [9.17, 15) is 20.0 Å². The number of rotatable bonds is 4. The number of carboxylic acids is 1. The number of carbonyl (C=O) groups is 1. The Morgan fingerprint density at radius 3 is 2.20 bits per heavy atom. The highest BCUT2D eigenvalue weighted by Crippen LogP contribution is 2.27. The van der Waals surface area contributed by atoms with Crippen molar-refractivity contribution in [1.82, 2.24) is 9.97 Å². The molecule has 0 spiro atoms. The Hall–Kier alpha value is -3.32. The molecule has 0 aliphatic rings. The van der Waals surface area contributed by atoms with Gasteiger partial charge in [0.2, 0.25) is 0 Å². The first-order valence-corrected chi connectivity index (χ1v) is 7.44. The first kappa shape index (κ1) is 16.5. The zero-order valence-corrected chi connectivity index (χ0v) is 13.3. The first-order valence-electron chi connectivity index (χ1n) is 7.07. The second-order valence-corrected chi connectivity index (χ2v) is 5.51. The molecular formula is C17H10ClN3O4. The molecule has 0 aliphatic carbocycles. The van der Waals surface area contributed by atoms with Gasteiger partial charge in [-0.3, -0.25) is 10.1 Å². The normalized spacial score (nSPS) is 10.4. The number of halogens is 1. The van der Waals surface area contributed by atoms with Crippen molar-refractivity contribution in [3.8, 4) is 22.6 Å². The van der Waals surface area contributed by atoms with E-state index >= 15 is 0 Å². The number of benzene rings is 2. The molecular weight excluding hydrogens is 346 g/mol. The van der Waals surface area contributed by atoms with Gasteiger partial charge in [-0.1, -0.05) is 11.6 Å². The van der Waals surface area contributed by atoms with Gasteiger partial charge >= 0.3 is 5.97 Å². The molecule has 3 aromatic rings. The second-order valence-electron chi connectivity index (χ2n) is 5.07. The Balaban J connectivity index is 2.12. The minimum atomic E-state index is -1.18. The van der Waals surface area contributed by atoms with E-state index in [1.54, 1.807) is 24.3 Å². The van der Waals surface area contributed by atoms with E-state index in [0.717, 1.165) is 0 Å². The number of hydrogen-bond donors (Lipinski definition) is 1. The highest BCUT2D eigenvalue weighted by atomic mass is 35.5. The molecule has 0 unspecified atom stereocenters. The second kappa shape index (κ2) is 6.66. The van der Waals surface area contributed by atoms with Gasteiger partial charge in [-0.15, -0.1) is 0 Å². The van der Waals surface area contributed by atoms with Crippen molar-refractivity contribution in [2.45, 2.75) is 0 Å². The summed E-state index contributed by atoms with van der Waals surface area (Å²) in [4.78, 5) is 30.1. The molecule has 0 bridgehead atoms. The fourth-order valence-electron chi connectivity index (χ4n) is 2.24. The minimum Gasteiger partial charge on any atom is -0.478 e. The highest BCUT2D eigenvalue weighted by Gasteiger charge is 2.17. The van der Waals surface area contributed by atoms with E-state index in [4.69, 9.17) is 11.6 Å². The summed E-state index contributed by atoms with van der Waals surface area (Å²) in [5, 5.41) is 20.7. The maximum absolute atomic E-state index is 11.5. The van der Waals surface area contributed by atoms with Crippen molar-refractivity contribution in [1.29, 1.82) is 0 Å². The van der Waals surface area contributed by atoms with Crippen LogP contribution in [0.25, 0.3) is 22.6 Å². The largest absolute Gasteiger partial charge is 0.478 e. The van der Waals surface area contributed by atoms with Crippen molar-refractivity contribution >= 4 is 23.3 Å². The van der Waals surface area contributed by atoms with Gasteiger partial charge in [0, 0.05) is 34.5 Å². The monoisotopic (exact) mass is 355 g/mol. The molecule has 0 amide bonds. The van der Waals surface area contributed by atoms with Crippen LogP contribution >= 0.6 is 11.6 Å². The molecule has 7 nitrogen and oxygen atoms in total. The number of nitro benzene ring substituents is 1. The van der Waals surface area contributed by atoms with Gasteiger partial charge in [-0.2, -0.15) is 0 Å². The van der Waals surface area contributed by atoms with Gasteiger partial charge in [-0.25, -0.2) is 14.8 Å². The van der Waals surface area contributed by atoms with Gasteiger partial charge in [0.15, 0.2) is 5.82 Å². The summed E-state index contributed by atoms with van der Waals surface area (Å²) in [7, 11) is 0. The lowest BCUT2D eigenvalue weighted by Gasteiger charge is -2.08. The summed E-state index contributed by atoms with van der Waals surface area (Å²) < 4.78 is 0. The number of aromatic carboxylic acids is 1. The van der Waals surface area contributed by atoms with E-state index in [2.05, 4.69) is 9.97 Å². The molecule has 1 heterocycles. The highest BCUT2D eigenvalue weighted by molar-refractivity contribution is 6.30. The molecule has 0 fully saturated rings. The molecule has 0 saturated heterocycles. The van der Waals surface area contributed by atoms with Crippen LogP contribution in [0.2, 0.25) is 5.02 Å². The van der Waals surface area contributed by atoms with Crippen molar-refractivity contribution in [3.05, 3.63) is 75.4 Å². The van der Waals surface area contributed by atoms with Crippen LogP contribution in [0.3, 0.4) is 0 Å². The van der Waals surface area contributed by atoms with E-state index in [-0.39, 0.29) is 16.9 Å². The number of nitro groups is 1. The minimum absolute atomic E-state index is 0.0902. The number of carboxylic acid groups (broad SMARTS) is 1. The lowest BCUT2D eigenvalue weighted by molar-refractivity contribution is -0.384. The number of hydrogen-bond acceptors (Lipinski definition) is 5. The summed E-state index contributed by atoms with van der Waals surface area (Å²) in [6, 6.07) is 12.3. The summed E-state index contributed by atoms with van der Waals surface area (Å²) in [6.45, 7) is 0. The van der Waals surface area contributed by atoms with E-state index in [0.29, 0.717) is 22.0 Å². The van der Waals surface area contributed by atoms with E-state index < -0.39 is 10.9 Å². The average Bonchev–Trinajstić information content (AvgIpc) is 2.62. The quantitative estimate of drug-likeness (QED) is 0.558. The standard InChI is InChI=1S/C17H10ClN3O4/c18-12-5-1-11(2-6-12)16-19-9-14(17(22)23)15(20-16)10-3-7-13(8-4-10)21(24)25/h1-9H,(H,22,23). The molecule has 8 heteroatoms. The van der Waals surface area contributed by atoms with E-state index in [1.165, 1.54) is 30.5 Å². The topological polar surface area (TPSA) is 106 Å². The lowest BCUT2D eigenvalue weighted by atomic mass is 10.1. The first-order chi connectivity index (χ1) is 12.0. The molecule has 1 aromatic heterocycles. The third-order valence-electron chi connectivity index (χ3n) is 3.47. The van der Waals surface area contributed by atoms with Gasteiger partial charge in [0.25, 0.3) is 5.69 Å². The SMILES string of the molecule is O=C(O)c1cnc(-c2ccc(Cl)cc2)nc1-c1ccc([N+](=O)[O-])cc1. The molecule has 0 saturated carbocycles. The van der Waals surface area contributed by atoms with Gasteiger partial charge in [0.1, 0.15) is 5.56 Å². The zero-order valence-electron chi connectivity index (χ0n) is 12.6.